The maximum Gasteiger partial charge on any atom is 0.226 e. The monoisotopic (exact) mass is 214 g/mol. The van der Waals surface area contributed by atoms with Crippen molar-refractivity contribution in [2.75, 3.05) is 26.7 Å². The molecular weight excluding hydrogens is 188 g/mol. The fourth-order valence-electron chi connectivity index (χ4n) is 1.39. The lowest BCUT2D eigenvalue weighted by atomic mass is 10.1. The van der Waals surface area contributed by atoms with Crippen molar-refractivity contribution in [1.82, 2.24) is 10.2 Å². The minimum atomic E-state index is 0.0853. The third-order valence-electron chi connectivity index (χ3n) is 2.54. The number of hydrogen-bond donors (Lipinski definition) is 1. The van der Waals surface area contributed by atoms with Crippen molar-refractivity contribution in [3.05, 3.63) is 0 Å². The molecule has 0 spiro atoms. The molecule has 0 aliphatic heterocycles. The van der Waals surface area contributed by atoms with E-state index in [1.807, 2.05) is 18.9 Å². The van der Waals surface area contributed by atoms with Gasteiger partial charge in [0.15, 0.2) is 0 Å². The summed E-state index contributed by atoms with van der Waals surface area (Å²) in [6.45, 7) is 11.0. The fourth-order valence-corrected chi connectivity index (χ4v) is 1.39. The molecule has 0 bridgehead atoms. The number of rotatable bonds is 7. The molecule has 1 amide bonds. The highest BCUT2D eigenvalue weighted by molar-refractivity contribution is 5.78. The van der Waals surface area contributed by atoms with E-state index in [9.17, 15) is 4.79 Å². The van der Waals surface area contributed by atoms with Gasteiger partial charge in [-0.15, -0.1) is 0 Å². The smallest absolute Gasteiger partial charge is 0.226 e. The zero-order valence-corrected chi connectivity index (χ0v) is 10.8. The molecule has 0 aliphatic carbocycles. The van der Waals surface area contributed by atoms with Crippen molar-refractivity contribution in [2.24, 2.45) is 11.8 Å². The number of hydrogen-bond acceptors (Lipinski definition) is 2. The third-order valence-corrected chi connectivity index (χ3v) is 2.54. The van der Waals surface area contributed by atoms with Gasteiger partial charge < -0.3 is 10.2 Å². The highest BCUT2D eigenvalue weighted by atomic mass is 16.2. The lowest BCUT2D eigenvalue weighted by Gasteiger charge is -2.22. The van der Waals surface area contributed by atoms with Gasteiger partial charge in [-0.25, -0.2) is 0 Å². The third kappa shape index (κ3) is 6.50. The Morgan fingerprint density at radius 2 is 1.93 bits per heavy atom. The van der Waals surface area contributed by atoms with E-state index in [4.69, 9.17) is 0 Å². The average molecular weight is 214 g/mol. The van der Waals surface area contributed by atoms with Gasteiger partial charge in [0.25, 0.3) is 0 Å². The van der Waals surface area contributed by atoms with Crippen LogP contribution in [0.3, 0.4) is 0 Å². The van der Waals surface area contributed by atoms with Crippen LogP contribution in [0, 0.1) is 11.8 Å². The van der Waals surface area contributed by atoms with Crippen LogP contribution in [0.25, 0.3) is 0 Å². The van der Waals surface area contributed by atoms with Gasteiger partial charge in [-0.2, -0.15) is 0 Å². The van der Waals surface area contributed by atoms with Crippen LogP contribution in [0.2, 0.25) is 0 Å². The molecule has 90 valence electrons. The summed E-state index contributed by atoms with van der Waals surface area (Å²) in [7, 11) is 1.90. The van der Waals surface area contributed by atoms with Gasteiger partial charge in [-0.3, -0.25) is 4.79 Å². The molecule has 0 fully saturated rings. The largest absolute Gasteiger partial charge is 0.345 e. The van der Waals surface area contributed by atoms with Crippen LogP contribution in [0.15, 0.2) is 0 Å². The number of nitrogens with zero attached hydrogens (tertiary/aromatic N) is 1. The van der Waals surface area contributed by atoms with E-state index in [0.29, 0.717) is 5.92 Å². The number of nitrogens with one attached hydrogen (secondary N) is 1. The number of carbonyl (C=O) groups is 1. The molecule has 1 N–H and O–H groups in total. The molecule has 3 heteroatoms. The minimum Gasteiger partial charge on any atom is -0.345 e. The molecule has 1 atom stereocenters. The first-order valence-corrected chi connectivity index (χ1v) is 5.94. The Kier molecular flexibility index (Phi) is 7.39. The number of amides is 1. The molecule has 0 radical (unpaired) electrons. The van der Waals surface area contributed by atoms with Crippen LogP contribution in [-0.2, 0) is 4.79 Å². The molecule has 0 aromatic carbocycles. The van der Waals surface area contributed by atoms with E-state index in [1.54, 1.807) is 0 Å². The van der Waals surface area contributed by atoms with Crippen molar-refractivity contribution in [1.29, 1.82) is 0 Å². The van der Waals surface area contributed by atoms with Crippen LogP contribution >= 0.6 is 0 Å². The topological polar surface area (TPSA) is 32.3 Å². The summed E-state index contributed by atoms with van der Waals surface area (Å²) in [4.78, 5) is 13.7. The van der Waals surface area contributed by atoms with Gasteiger partial charge in [0, 0.05) is 26.1 Å². The first kappa shape index (κ1) is 14.4. The van der Waals surface area contributed by atoms with E-state index in [0.717, 1.165) is 26.1 Å². The van der Waals surface area contributed by atoms with Crippen LogP contribution < -0.4 is 5.32 Å². The summed E-state index contributed by atoms with van der Waals surface area (Å²) in [5.74, 6) is 0.989. The van der Waals surface area contributed by atoms with E-state index in [2.05, 4.69) is 26.1 Å². The summed E-state index contributed by atoms with van der Waals surface area (Å²) in [5, 5.41) is 3.20. The average Bonchev–Trinajstić information content (AvgIpc) is 2.21. The van der Waals surface area contributed by atoms with E-state index in [1.165, 1.54) is 0 Å². The van der Waals surface area contributed by atoms with Gasteiger partial charge in [-0.05, 0) is 18.9 Å². The summed E-state index contributed by atoms with van der Waals surface area (Å²) < 4.78 is 0. The van der Waals surface area contributed by atoms with Crippen molar-refractivity contribution in [3.63, 3.8) is 0 Å². The van der Waals surface area contributed by atoms with Crippen LogP contribution in [-0.4, -0.2) is 37.5 Å². The van der Waals surface area contributed by atoms with Crippen molar-refractivity contribution < 1.29 is 4.79 Å². The van der Waals surface area contributed by atoms with Crippen molar-refractivity contribution in [2.45, 2.75) is 34.1 Å². The molecule has 1 unspecified atom stereocenters. The first-order valence-electron chi connectivity index (χ1n) is 5.94. The van der Waals surface area contributed by atoms with Gasteiger partial charge in [0.1, 0.15) is 0 Å². The Morgan fingerprint density at radius 3 is 2.40 bits per heavy atom. The first-order chi connectivity index (χ1) is 6.99. The lowest BCUT2D eigenvalue weighted by molar-refractivity contribution is -0.133. The van der Waals surface area contributed by atoms with Crippen LogP contribution in [0.5, 0.6) is 0 Å². The van der Waals surface area contributed by atoms with Crippen molar-refractivity contribution in [3.8, 4) is 0 Å². The molecule has 0 aliphatic rings. The summed E-state index contributed by atoms with van der Waals surface area (Å²) in [6, 6.07) is 0. The Balaban J connectivity index is 3.85. The predicted molar refractivity (Wildman–Crippen MR) is 64.8 cm³/mol. The number of carbonyl (C=O) groups excluding carboxylic acids is 1. The van der Waals surface area contributed by atoms with Crippen molar-refractivity contribution >= 4 is 5.91 Å². The molecular formula is C12H26N2O. The maximum absolute atomic E-state index is 11.8. The van der Waals surface area contributed by atoms with E-state index >= 15 is 0 Å². The standard InChI is InChI=1S/C12H26N2O/c1-6-13-9-11(4)12(15)14(5)8-7-10(2)3/h10-11,13H,6-9H2,1-5H3. The Labute approximate surface area is 94.2 Å². The van der Waals surface area contributed by atoms with E-state index in [-0.39, 0.29) is 11.8 Å². The molecule has 0 saturated carbocycles. The molecule has 0 saturated heterocycles. The highest BCUT2D eigenvalue weighted by Crippen LogP contribution is 2.04. The Morgan fingerprint density at radius 1 is 1.33 bits per heavy atom. The quantitative estimate of drug-likeness (QED) is 0.700. The van der Waals surface area contributed by atoms with Crippen LogP contribution in [0.4, 0.5) is 0 Å². The molecule has 0 aromatic rings. The summed E-state index contributed by atoms with van der Waals surface area (Å²) >= 11 is 0. The Hall–Kier alpha value is -0.570. The lowest BCUT2D eigenvalue weighted by Crippen LogP contribution is -2.37. The summed E-state index contributed by atoms with van der Waals surface area (Å²) in [6.07, 6.45) is 1.08. The molecule has 0 rings (SSSR count). The Bertz CT molecular complexity index is 180. The SMILES string of the molecule is CCNCC(C)C(=O)N(C)CCC(C)C. The molecule has 0 heterocycles. The van der Waals surface area contributed by atoms with Gasteiger partial charge in [0.05, 0.1) is 0 Å². The summed E-state index contributed by atoms with van der Waals surface area (Å²) in [5.41, 5.74) is 0. The second kappa shape index (κ2) is 7.69. The van der Waals surface area contributed by atoms with Gasteiger partial charge in [0.2, 0.25) is 5.91 Å². The maximum atomic E-state index is 11.8. The predicted octanol–water partition coefficient (Wildman–Crippen LogP) is 1.74. The zero-order chi connectivity index (χ0) is 11.8. The fraction of sp³-hybridized carbons (Fsp3) is 0.917. The van der Waals surface area contributed by atoms with E-state index < -0.39 is 0 Å². The second-order valence-electron chi connectivity index (χ2n) is 4.65. The highest BCUT2D eigenvalue weighted by Gasteiger charge is 2.16. The minimum absolute atomic E-state index is 0.0853. The molecule has 15 heavy (non-hydrogen) atoms. The zero-order valence-electron chi connectivity index (χ0n) is 10.8. The molecule has 3 nitrogen and oxygen atoms in total. The van der Waals surface area contributed by atoms with Crippen LogP contribution in [0.1, 0.15) is 34.1 Å². The normalized spacial score (nSPS) is 12.9. The second-order valence-corrected chi connectivity index (χ2v) is 4.65. The van der Waals surface area contributed by atoms with Gasteiger partial charge in [-0.1, -0.05) is 27.7 Å². The molecule has 0 aromatic heterocycles. The van der Waals surface area contributed by atoms with Gasteiger partial charge >= 0.3 is 0 Å².